The maximum absolute atomic E-state index is 13.1. The lowest BCUT2D eigenvalue weighted by Gasteiger charge is -2.26. The normalized spacial score (nSPS) is 13.6. The minimum Gasteiger partial charge on any atom is -0.489 e. The Hall–Kier alpha value is -4.56. The molecule has 1 saturated heterocycles. The number of hydrogen-bond acceptors (Lipinski definition) is 7. The van der Waals surface area contributed by atoms with Gasteiger partial charge in [-0.3, -0.25) is 19.4 Å². The largest absolute Gasteiger partial charge is 0.489 e. The van der Waals surface area contributed by atoms with Crippen molar-refractivity contribution in [3.63, 3.8) is 0 Å². The zero-order valence-corrected chi connectivity index (χ0v) is 32.4. The number of rotatable bonds is 16. The molecule has 0 radical (unpaired) electrons. The fraction of sp³-hybridized carbons (Fsp3) is 0.364. The van der Waals surface area contributed by atoms with Crippen molar-refractivity contribution < 1.29 is 23.5 Å². The number of ether oxygens (including phenoxy) is 2. The highest BCUT2D eigenvalue weighted by Crippen LogP contribution is 2.15. The van der Waals surface area contributed by atoms with Crippen LogP contribution in [0.5, 0.6) is 5.75 Å². The van der Waals surface area contributed by atoms with Crippen molar-refractivity contribution >= 4 is 23.3 Å². The molecular weight excluding hydrogens is 703 g/mol. The van der Waals surface area contributed by atoms with E-state index < -0.39 is 0 Å². The van der Waals surface area contributed by atoms with Gasteiger partial charge in [0, 0.05) is 42.7 Å². The van der Waals surface area contributed by atoms with Gasteiger partial charge in [0.25, 0.3) is 0 Å². The summed E-state index contributed by atoms with van der Waals surface area (Å²) < 4.78 is 23.9. The molecule has 0 aromatic heterocycles. The molecule has 1 fully saturated rings. The van der Waals surface area contributed by atoms with Crippen LogP contribution in [0.4, 0.5) is 4.39 Å². The Morgan fingerprint density at radius 3 is 2.26 bits per heavy atom. The topological polar surface area (TPSA) is 97.1 Å². The first-order valence-corrected chi connectivity index (χ1v) is 18.7. The standard InChI is InChI=1S/C17H19FN2O2.C14H18ClNO2.C13H17N/c1-12(17(19)21)20-10-13-5-7-16(8-6-13)22-11-14-3-2-4-15(18)9-14;15-13-5-3-12(4-6-13)14(17)2-1-7-16-8-10-18-11-9-16;1-4-10-14(3)12(2)11-13-8-6-5-7-9-13/h2-9,12,20H,10-11H2,1H3,(H2,19,21);3-6H,1-2,7-11H2;1,5-9,12H,10-11H2,2-3H3/t12-;;12-/m0.1/s1. The first-order chi connectivity index (χ1) is 26.0. The Bertz CT molecular complexity index is 1710. The van der Waals surface area contributed by atoms with E-state index in [-0.39, 0.29) is 23.5 Å². The third kappa shape index (κ3) is 17.5. The molecule has 10 heteroatoms. The first kappa shape index (κ1) is 43.8. The Morgan fingerprint density at radius 1 is 0.963 bits per heavy atom. The summed E-state index contributed by atoms with van der Waals surface area (Å²) in [5.74, 6) is 2.91. The highest BCUT2D eigenvalue weighted by atomic mass is 35.5. The van der Waals surface area contributed by atoms with Crippen LogP contribution < -0.4 is 15.8 Å². The maximum Gasteiger partial charge on any atom is 0.234 e. The molecule has 4 aromatic rings. The van der Waals surface area contributed by atoms with Crippen LogP contribution in [-0.2, 0) is 29.1 Å². The lowest BCUT2D eigenvalue weighted by Crippen LogP contribution is -2.38. The predicted molar refractivity (Wildman–Crippen MR) is 216 cm³/mol. The first-order valence-electron chi connectivity index (χ1n) is 18.3. The zero-order chi connectivity index (χ0) is 39.1. The van der Waals surface area contributed by atoms with E-state index >= 15 is 0 Å². The van der Waals surface area contributed by atoms with E-state index in [0.717, 1.165) is 62.4 Å². The van der Waals surface area contributed by atoms with Crippen molar-refractivity contribution in [3.05, 3.63) is 136 Å². The van der Waals surface area contributed by atoms with Gasteiger partial charge >= 0.3 is 0 Å². The summed E-state index contributed by atoms with van der Waals surface area (Å²) in [5, 5.41) is 3.69. The van der Waals surface area contributed by atoms with Crippen LogP contribution in [0.15, 0.2) is 103 Å². The average Bonchev–Trinajstić information content (AvgIpc) is 3.18. The van der Waals surface area contributed by atoms with Gasteiger partial charge < -0.3 is 20.5 Å². The molecular formula is C44H54ClFN4O4. The number of benzene rings is 4. The second-order valence-electron chi connectivity index (χ2n) is 13.2. The molecule has 0 spiro atoms. The number of Topliss-reactive ketones (excluding diaryl/α,β-unsaturated/α-hetero) is 1. The molecule has 54 heavy (non-hydrogen) atoms. The van der Waals surface area contributed by atoms with Gasteiger partial charge in [0.05, 0.1) is 25.8 Å². The van der Waals surface area contributed by atoms with Crippen LogP contribution in [0.1, 0.15) is 53.7 Å². The smallest absolute Gasteiger partial charge is 0.234 e. The number of terminal acetylenes is 1. The van der Waals surface area contributed by atoms with Crippen LogP contribution in [0, 0.1) is 18.2 Å². The molecule has 0 aliphatic carbocycles. The van der Waals surface area contributed by atoms with E-state index in [2.05, 4.69) is 59.3 Å². The summed E-state index contributed by atoms with van der Waals surface area (Å²) in [6.07, 6.45) is 7.82. The van der Waals surface area contributed by atoms with Crippen molar-refractivity contribution in [2.45, 2.75) is 58.3 Å². The van der Waals surface area contributed by atoms with Gasteiger partial charge in [0.1, 0.15) is 18.2 Å². The Labute approximate surface area is 325 Å². The highest BCUT2D eigenvalue weighted by molar-refractivity contribution is 6.30. The molecule has 1 amide bonds. The third-order valence-corrected chi connectivity index (χ3v) is 9.12. The summed E-state index contributed by atoms with van der Waals surface area (Å²) in [7, 11) is 2.06. The van der Waals surface area contributed by atoms with Crippen molar-refractivity contribution in [2.24, 2.45) is 5.73 Å². The van der Waals surface area contributed by atoms with E-state index in [1.165, 1.54) is 17.7 Å². The van der Waals surface area contributed by atoms with E-state index in [0.29, 0.717) is 42.9 Å². The van der Waals surface area contributed by atoms with Crippen LogP contribution in [-0.4, -0.2) is 80.0 Å². The molecule has 8 nitrogen and oxygen atoms in total. The number of halogens is 2. The number of morpholine rings is 1. The second kappa shape index (κ2) is 24.7. The van der Waals surface area contributed by atoms with E-state index in [4.69, 9.17) is 33.2 Å². The average molecular weight is 757 g/mol. The number of carbonyl (C=O) groups excluding carboxylic acids is 2. The van der Waals surface area contributed by atoms with Gasteiger partial charge in [-0.1, -0.05) is 72.1 Å². The number of nitrogens with zero attached hydrogens (tertiary/aromatic N) is 2. The number of carbonyl (C=O) groups is 2. The molecule has 5 rings (SSSR count). The van der Waals surface area contributed by atoms with Crippen LogP contribution in [0.25, 0.3) is 0 Å². The van der Waals surface area contributed by atoms with E-state index in [1.807, 2.05) is 36.4 Å². The van der Waals surface area contributed by atoms with Crippen molar-refractivity contribution in [1.82, 2.24) is 15.1 Å². The number of primary amides is 1. The molecule has 4 aromatic carbocycles. The molecule has 0 saturated carbocycles. The molecule has 1 heterocycles. The Kier molecular flexibility index (Phi) is 20.1. The van der Waals surface area contributed by atoms with Gasteiger partial charge in [0.15, 0.2) is 5.78 Å². The molecule has 2 atom stereocenters. The van der Waals surface area contributed by atoms with Crippen molar-refractivity contribution in [2.75, 3.05) is 46.4 Å². The highest BCUT2D eigenvalue weighted by Gasteiger charge is 2.12. The number of hydrogen-bond donors (Lipinski definition) is 2. The summed E-state index contributed by atoms with van der Waals surface area (Å²) in [5.41, 5.74) is 9.10. The Balaban J connectivity index is 0.000000224. The second-order valence-corrected chi connectivity index (χ2v) is 13.6. The minimum atomic E-state index is -0.380. The number of likely N-dealkylation sites (N-methyl/N-ethyl adjacent to an activating group) is 1. The number of ketones is 1. The lowest BCUT2D eigenvalue weighted by atomic mass is 10.1. The molecule has 1 aliphatic rings. The quantitative estimate of drug-likeness (QED) is 0.0924. The fourth-order valence-electron chi connectivity index (χ4n) is 5.35. The zero-order valence-electron chi connectivity index (χ0n) is 31.7. The molecule has 0 bridgehead atoms. The van der Waals surface area contributed by atoms with Gasteiger partial charge in [0.2, 0.25) is 5.91 Å². The van der Waals surface area contributed by atoms with E-state index in [1.54, 1.807) is 37.3 Å². The fourth-order valence-corrected chi connectivity index (χ4v) is 5.47. The van der Waals surface area contributed by atoms with Gasteiger partial charge in [-0.25, -0.2) is 4.39 Å². The Morgan fingerprint density at radius 2 is 1.63 bits per heavy atom. The van der Waals surface area contributed by atoms with Gasteiger partial charge in [-0.05, 0) is 106 Å². The lowest BCUT2D eigenvalue weighted by molar-refractivity contribution is -0.119. The number of amides is 1. The van der Waals surface area contributed by atoms with Crippen LogP contribution in [0.2, 0.25) is 5.02 Å². The molecule has 0 unspecified atom stereocenters. The summed E-state index contributed by atoms with van der Waals surface area (Å²) in [4.78, 5) is 27.4. The molecule has 288 valence electrons. The number of nitrogens with one attached hydrogen (secondary N) is 1. The monoisotopic (exact) mass is 756 g/mol. The minimum absolute atomic E-state index is 0.194. The van der Waals surface area contributed by atoms with E-state index in [9.17, 15) is 14.0 Å². The summed E-state index contributed by atoms with van der Waals surface area (Å²) >= 11 is 5.79. The van der Waals surface area contributed by atoms with Gasteiger partial charge in [-0.2, -0.15) is 0 Å². The van der Waals surface area contributed by atoms with Gasteiger partial charge in [-0.15, -0.1) is 6.42 Å². The van der Waals surface area contributed by atoms with Crippen LogP contribution in [0.3, 0.4) is 0 Å². The summed E-state index contributed by atoms with van der Waals surface area (Å²) in [6.45, 7) is 10.1. The molecule has 1 aliphatic heterocycles. The van der Waals surface area contributed by atoms with Crippen LogP contribution >= 0.6 is 11.6 Å². The molecule has 3 N–H and O–H groups in total. The maximum atomic E-state index is 13.1. The predicted octanol–water partition coefficient (Wildman–Crippen LogP) is 7.19. The van der Waals surface area contributed by atoms with Crippen molar-refractivity contribution in [3.8, 4) is 18.1 Å². The SMILES string of the molecule is C#CCN(C)[C@H](C)Cc1ccccc1.C[C@H](NCc1ccc(OCc2cccc(F)c2)cc1)C(N)=O.O=C(CCCN1CCOCC1)c1ccc(Cl)cc1. The summed E-state index contributed by atoms with van der Waals surface area (Å²) in [6, 6.07) is 31.5. The third-order valence-electron chi connectivity index (χ3n) is 8.87. The number of nitrogens with two attached hydrogens (primary N) is 1. The van der Waals surface area contributed by atoms with Crippen molar-refractivity contribution in [1.29, 1.82) is 0 Å².